The summed E-state index contributed by atoms with van der Waals surface area (Å²) in [6.07, 6.45) is 1.95. The monoisotopic (exact) mass is 227 g/mol. The van der Waals surface area contributed by atoms with Crippen molar-refractivity contribution in [2.45, 2.75) is 26.3 Å². The van der Waals surface area contributed by atoms with Gasteiger partial charge < -0.3 is 9.84 Å². The van der Waals surface area contributed by atoms with E-state index in [0.717, 1.165) is 0 Å². The summed E-state index contributed by atoms with van der Waals surface area (Å²) in [6.45, 7) is 2.40. The molecule has 16 heavy (non-hydrogen) atoms. The third-order valence-corrected chi connectivity index (χ3v) is 1.80. The fourth-order valence-corrected chi connectivity index (χ4v) is 1.10. The average molecular weight is 227 g/mol. The number of esters is 1. The van der Waals surface area contributed by atoms with Crippen molar-refractivity contribution in [2.75, 3.05) is 6.61 Å². The molecule has 0 spiro atoms. The Balaban J connectivity index is 2.45. The summed E-state index contributed by atoms with van der Waals surface area (Å²) in [7, 11) is 0. The van der Waals surface area contributed by atoms with Crippen LogP contribution in [0.3, 0.4) is 0 Å². The number of carbonyl (C=O) groups excluding carboxylic acids is 1. The highest BCUT2D eigenvalue weighted by atomic mass is 16.5. The first-order chi connectivity index (χ1) is 7.63. The van der Waals surface area contributed by atoms with Gasteiger partial charge in [0.1, 0.15) is 0 Å². The van der Waals surface area contributed by atoms with Gasteiger partial charge in [0, 0.05) is 13.0 Å². The van der Waals surface area contributed by atoms with Crippen molar-refractivity contribution in [2.24, 2.45) is 0 Å². The van der Waals surface area contributed by atoms with Crippen molar-refractivity contribution >= 4 is 11.9 Å². The molecule has 1 aromatic heterocycles. The molecule has 0 aromatic carbocycles. The number of aliphatic carboxylic acids is 1. The highest BCUT2D eigenvalue weighted by molar-refractivity contribution is 5.86. The van der Waals surface area contributed by atoms with E-state index in [1.54, 1.807) is 6.92 Å². The van der Waals surface area contributed by atoms with Gasteiger partial charge in [0.15, 0.2) is 5.69 Å². The maximum absolute atomic E-state index is 11.2. The van der Waals surface area contributed by atoms with Gasteiger partial charge in [0.2, 0.25) is 0 Å². The van der Waals surface area contributed by atoms with E-state index < -0.39 is 11.9 Å². The number of carboxylic acids is 1. The standard InChI is InChI=1S/C9H13N3O4/c1-2-16-9(15)7-6-12(11-10-7)5-3-4-8(13)14/h6H,2-5H2,1H3,(H,13,14). The molecule has 1 aromatic rings. The SMILES string of the molecule is CCOC(=O)c1cn(CCCC(=O)O)nn1. The van der Waals surface area contributed by atoms with E-state index in [1.165, 1.54) is 10.9 Å². The van der Waals surface area contributed by atoms with Crippen LogP contribution in [0, 0.1) is 0 Å². The molecule has 88 valence electrons. The Hall–Kier alpha value is -1.92. The summed E-state index contributed by atoms with van der Waals surface area (Å²) in [4.78, 5) is 21.5. The summed E-state index contributed by atoms with van der Waals surface area (Å²) in [5.41, 5.74) is 0.136. The van der Waals surface area contributed by atoms with Crippen LogP contribution in [0.5, 0.6) is 0 Å². The Morgan fingerprint density at radius 1 is 1.56 bits per heavy atom. The van der Waals surface area contributed by atoms with E-state index in [9.17, 15) is 9.59 Å². The van der Waals surface area contributed by atoms with Crippen LogP contribution in [0.1, 0.15) is 30.3 Å². The quantitative estimate of drug-likeness (QED) is 0.703. The molecule has 0 fully saturated rings. The Morgan fingerprint density at radius 2 is 2.31 bits per heavy atom. The Labute approximate surface area is 92.0 Å². The number of nitrogens with zero attached hydrogens (tertiary/aromatic N) is 3. The lowest BCUT2D eigenvalue weighted by Gasteiger charge is -1.97. The van der Waals surface area contributed by atoms with Crippen LogP contribution in [-0.2, 0) is 16.1 Å². The molecule has 1 rings (SSSR count). The highest BCUT2D eigenvalue weighted by Crippen LogP contribution is 1.99. The van der Waals surface area contributed by atoms with E-state index in [-0.39, 0.29) is 18.7 Å². The van der Waals surface area contributed by atoms with Gasteiger partial charge in [0.05, 0.1) is 12.8 Å². The zero-order valence-electron chi connectivity index (χ0n) is 8.92. The largest absolute Gasteiger partial charge is 0.481 e. The molecular weight excluding hydrogens is 214 g/mol. The predicted octanol–water partition coefficient (Wildman–Crippen LogP) is 0.320. The van der Waals surface area contributed by atoms with Crippen LogP contribution in [0.2, 0.25) is 0 Å². The minimum absolute atomic E-state index is 0.0641. The molecule has 0 bridgehead atoms. The van der Waals surface area contributed by atoms with Crippen LogP contribution in [0.4, 0.5) is 0 Å². The number of carbonyl (C=O) groups is 2. The van der Waals surface area contributed by atoms with E-state index in [4.69, 9.17) is 9.84 Å². The number of rotatable bonds is 6. The van der Waals surface area contributed by atoms with E-state index in [0.29, 0.717) is 13.0 Å². The fraction of sp³-hybridized carbons (Fsp3) is 0.556. The Bertz CT molecular complexity index is 375. The fourth-order valence-electron chi connectivity index (χ4n) is 1.10. The van der Waals surface area contributed by atoms with E-state index in [2.05, 4.69) is 10.3 Å². The lowest BCUT2D eigenvalue weighted by Crippen LogP contribution is -2.05. The molecule has 0 aliphatic rings. The van der Waals surface area contributed by atoms with E-state index in [1.807, 2.05) is 0 Å². The zero-order valence-corrected chi connectivity index (χ0v) is 8.92. The Kier molecular flexibility index (Phi) is 4.43. The smallest absolute Gasteiger partial charge is 0.360 e. The first-order valence-electron chi connectivity index (χ1n) is 4.92. The third kappa shape index (κ3) is 3.68. The van der Waals surface area contributed by atoms with Gasteiger partial charge in [-0.25, -0.2) is 4.79 Å². The lowest BCUT2D eigenvalue weighted by molar-refractivity contribution is -0.137. The van der Waals surface area contributed by atoms with Crippen LogP contribution >= 0.6 is 0 Å². The van der Waals surface area contributed by atoms with Gasteiger partial charge in [0.25, 0.3) is 0 Å². The molecule has 0 saturated carbocycles. The molecule has 0 aliphatic heterocycles. The van der Waals surface area contributed by atoms with Crippen molar-refractivity contribution in [3.8, 4) is 0 Å². The lowest BCUT2D eigenvalue weighted by atomic mass is 10.3. The molecule has 0 atom stereocenters. The normalized spacial score (nSPS) is 10.1. The number of hydrogen-bond acceptors (Lipinski definition) is 5. The molecule has 0 saturated heterocycles. The van der Waals surface area contributed by atoms with Crippen molar-refractivity contribution in [1.82, 2.24) is 15.0 Å². The average Bonchev–Trinajstić information content (AvgIpc) is 2.66. The Morgan fingerprint density at radius 3 is 2.94 bits per heavy atom. The molecule has 0 radical (unpaired) electrons. The second-order valence-electron chi connectivity index (χ2n) is 3.08. The maximum Gasteiger partial charge on any atom is 0.360 e. The summed E-state index contributed by atoms with van der Waals surface area (Å²) in [6, 6.07) is 0. The molecule has 0 aliphatic carbocycles. The minimum Gasteiger partial charge on any atom is -0.481 e. The number of carboxylic acid groups (broad SMARTS) is 1. The van der Waals surface area contributed by atoms with Crippen LogP contribution in [0.15, 0.2) is 6.20 Å². The van der Waals surface area contributed by atoms with E-state index >= 15 is 0 Å². The van der Waals surface area contributed by atoms with Crippen molar-refractivity contribution in [1.29, 1.82) is 0 Å². The first kappa shape index (κ1) is 12.2. The molecular formula is C9H13N3O4. The van der Waals surface area contributed by atoms with Crippen molar-refractivity contribution in [3.63, 3.8) is 0 Å². The molecule has 0 unspecified atom stereocenters. The minimum atomic E-state index is -0.856. The van der Waals surface area contributed by atoms with Crippen LogP contribution in [-0.4, -0.2) is 38.6 Å². The summed E-state index contributed by atoms with van der Waals surface area (Å²) in [5.74, 6) is -1.38. The zero-order chi connectivity index (χ0) is 12.0. The predicted molar refractivity (Wildman–Crippen MR) is 52.8 cm³/mol. The highest BCUT2D eigenvalue weighted by Gasteiger charge is 2.11. The third-order valence-electron chi connectivity index (χ3n) is 1.80. The van der Waals surface area contributed by atoms with Crippen molar-refractivity contribution in [3.05, 3.63) is 11.9 Å². The van der Waals surface area contributed by atoms with Crippen LogP contribution in [0.25, 0.3) is 0 Å². The second kappa shape index (κ2) is 5.84. The molecule has 1 N–H and O–H groups in total. The maximum atomic E-state index is 11.2. The van der Waals surface area contributed by atoms with Crippen molar-refractivity contribution < 1.29 is 19.4 Å². The second-order valence-corrected chi connectivity index (χ2v) is 3.08. The number of aromatic nitrogens is 3. The summed E-state index contributed by atoms with van der Waals surface area (Å²) in [5, 5.41) is 15.7. The van der Waals surface area contributed by atoms with Crippen LogP contribution < -0.4 is 0 Å². The number of aryl methyl sites for hydroxylation is 1. The molecule has 7 nitrogen and oxygen atoms in total. The molecule has 7 heteroatoms. The molecule has 1 heterocycles. The molecule has 0 amide bonds. The summed E-state index contributed by atoms with van der Waals surface area (Å²) < 4.78 is 6.16. The van der Waals surface area contributed by atoms with Gasteiger partial charge in [-0.15, -0.1) is 5.10 Å². The van der Waals surface area contributed by atoms with Gasteiger partial charge in [-0.2, -0.15) is 0 Å². The first-order valence-corrected chi connectivity index (χ1v) is 4.92. The van der Waals surface area contributed by atoms with Gasteiger partial charge in [-0.3, -0.25) is 9.48 Å². The van der Waals surface area contributed by atoms with Gasteiger partial charge in [-0.1, -0.05) is 5.21 Å². The number of ether oxygens (including phenoxy) is 1. The summed E-state index contributed by atoms with van der Waals surface area (Å²) >= 11 is 0. The van der Waals surface area contributed by atoms with Gasteiger partial charge in [-0.05, 0) is 13.3 Å². The van der Waals surface area contributed by atoms with Gasteiger partial charge >= 0.3 is 11.9 Å². The number of hydrogen-bond donors (Lipinski definition) is 1. The topological polar surface area (TPSA) is 94.3 Å².